The highest BCUT2D eigenvalue weighted by molar-refractivity contribution is 7.89. The van der Waals surface area contributed by atoms with Gasteiger partial charge < -0.3 is 10.6 Å². The van der Waals surface area contributed by atoms with Crippen LogP contribution in [0.4, 0.5) is 5.69 Å². The number of hydrogen-bond donors (Lipinski definition) is 1. The van der Waals surface area contributed by atoms with E-state index < -0.39 is 15.4 Å². The van der Waals surface area contributed by atoms with Crippen LogP contribution in [0.1, 0.15) is 26.3 Å². The third-order valence-corrected chi connectivity index (χ3v) is 6.62. The van der Waals surface area contributed by atoms with E-state index in [2.05, 4.69) is 11.0 Å². The van der Waals surface area contributed by atoms with Crippen LogP contribution in [0.15, 0.2) is 24.3 Å². The number of para-hydroxylation sites is 1. The molecule has 1 aliphatic heterocycles. The molecule has 2 N–H and O–H groups in total. The molecule has 0 aliphatic carbocycles. The third kappa shape index (κ3) is 2.93. The minimum atomic E-state index is -3.47. The Kier molecular flexibility index (Phi) is 4.91. The fourth-order valence-electron chi connectivity index (χ4n) is 2.97. The Morgan fingerprint density at radius 3 is 2.52 bits per heavy atom. The second-order valence-corrected chi connectivity index (χ2v) is 7.50. The summed E-state index contributed by atoms with van der Waals surface area (Å²) >= 11 is 0. The Balaban J connectivity index is 2.23. The highest BCUT2D eigenvalue weighted by Gasteiger charge is 2.36. The lowest BCUT2D eigenvalue weighted by Crippen LogP contribution is -2.54. The Labute approximate surface area is 127 Å². The van der Waals surface area contributed by atoms with Crippen molar-refractivity contribution >= 4 is 15.7 Å². The van der Waals surface area contributed by atoms with Crippen molar-refractivity contribution in [2.45, 2.75) is 38.6 Å². The minimum Gasteiger partial charge on any atom is -0.366 e. The van der Waals surface area contributed by atoms with E-state index in [-0.39, 0.29) is 6.04 Å². The van der Waals surface area contributed by atoms with E-state index >= 15 is 0 Å². The molecule has 21 heavy (non-hydrogen) atoms. The van der Waals surface area contributed by atoms with Gasteiger partial charge in [-0.25, -0.2) is 12.7 Å². The predicted molar refractivity (Wildman–Crippen MR) is 86.8 cm³/mol. The summed E-state index contributed by atoms with van der Waals surface area (Å²) in [5.41, 5.74) is 8.48. The normalized spacial score (nSPS) is 17.9. The number of hydrogen-bond acceptors (Lipinski definition) is 4. The van der Waals surface area contributed by atoms with Gasteiger partial charge in [0.15, 0.2) is 0 Å². The summed E-state index contributed by atoms with van der Waals surface area (Å²) in [7, 11) is -3.47. The largest absolute Gasteiger partial charge is 0.366 e. The predicted octanol–water partition coefficient (Wildman–Crippen LogP) is 1.39. The summed E-state index contributed by atoms with van der Waals surface area (Å²) < 4.78 is 26.6. The van der Waals surface area contributed by atoms with Crippen molar-refractivity contribution in [1.82, 2.24) is 4.31 Å². The Bertz CT molecular complexity index is 584. The van der Waals surface area contributed by atoms with E-state index in [4.69, 9.17) is 5.73 Å². The highest BCUT2D eigenvalue weighted by atomic mass is 32.2. The van der Waals surface area contributed by atoms with Gasteiger partial charge in [0, 0.05) is 25.3 Å². The first-order chi connectivity index (χ1) is 9.93. The number of nitrogens with two attached hydrogens (primary N) is 1. The Morgan fingerprint density at radius 1 is 1.29 bits per heavy atom. The van der Waals surface area contributed by atoms with Crippen molar-refractivity contribution in [2.24, 2.45) is 5.73 Å². The van der Waals surface area contributed by atoms with Crippen LogP contribution in [0.5, 0.6) is 0 Å². The monoisotopic (exact) mass is 311 g/mol. The summed E-state index contributed by atoms with van der Waals surface area (Å²) in [6.45, 7) is 7.30. The highest BCUT2D eigenvalue weighted by Crippen LogP contribution is 2.30. The smallest absolute Gasteiger partial charge is 0.231 e. The first kappa shape index (κ1) is 16.3. The number of sulfonamides is 1. The first-order valence-corrected chi connectivity index (χ1v) is 9.02. The van der Waals surface area contributed by atoms with Crippen molar-refractivity contribution in [2.75, 3.05) is 24.5 Å². The van der Waals surface area contributed by atoms with Gasteiger partial charge >= 0.3 is 0 Å². The number of benzene rings is 1. The zero-order valence-corrected chi connectivity index (χ0v) is 13.8. The molecule has 5 nitrogen and oxygen atoms in total. The zero-order valence-electron chi connectivity index (χ0n) is 13.0. The fourth-order valence-corrected chi connectivity index (χ4v) is 4.68. The van der Waals surface area contributed by atoms with Crippen LogP contribution in [-0.2, 0) is 16.4 Å². The van der Waals surface area contributed by atoms with E-state index in [9.17, 15) is 8.42 Å². The lowest BCUT2D eigenvalue weighted by atomic mass is 10.2. The van der Waals surface area contributed by atoms with Crippen molar-refractivity contribution in [1.29, 1.82) is 0 Å². The molecule has 0 spiro atoms. The molecule has 2 atom stereocenters. The maximum absolute atomic E-state index is 12.6. The van der Waals surface area contributed by atoms with Crippen LogP contribution in [0.2, 0.25) is 0 Å². The van der Waals surface area contributed by atoms with Gasteiger partial charge in [0.2, 0.25) is 10.0 Å². The van der Waals surface area contributed by atoms with Crippen LogP contribution in [-0.4, -0.2) is 43.8 Å². The second kappa shape index (κ2) is 6.34. The summed E-state index contributed by atoms with van der Waals surface area (Å²) in [6.07, 6.45) is 0.943. The second-order valence-electron chi connectivity index (χ2n) is 5.41. The van der Waals surface area contributed by atoms with E-state index in [1.165, 1.54) is 9.87 Å². The molecule has 0 amide bonds. The molecule has 1 aliphatic rings. The molecule has 118 valence electrons. The lowest BCUT2D eigenvalue weighted by molar-refractivity contribution is 0.426. The van der Waals surface area contributed by atoms with Crippen molar-refractivity contribution < 1.29 is 8.42 Å². The molecule has 0 bridgehead atoms. The van der Waals surface area contributed by atoms with Crippen LogP contribution in [0.25, 0.3) is 0 Å². The molecule has 0 fully saturated rings. The molecule has 2 rings (SSSR count). The van der Waals surface area contributed by atoms with Gasteiger partial charge in [-0.3, -0.25) is 0 Å². The molecule has 1 aromatic carbocycles. The van der Waals surface area contributed by atoms with Crippen LogP contribution < -0.4 is 10.6 Å². The molecule has 1 aromatic rings. The van der Waals surface area contributed by atoms with Crippen LogP contribution in [0.3, 0.4) is 0 Å². The van der Waals surface area contributed by atoms with Gasteiger partial charge in [0.1, 0.15) is 5.37 Å². The topological polar surface area (TPSA) is 66.6 Å². The molecule has 0 radical (unpaired) electrons. The van der Waals surface area contributed by atoms with Gasteiger partial charge in [-0.15, -0.1) is 0 Å². The zero-order chi connectivity index (χ0) is 15.6. The molecule has 1 heterocycles. The molecule has 6 heteroatoms. The summed E-state index contributed by atoms with van der Waals surface area (Å²) in [6, 6.07) is 7.87. The SMILES string of the molecule is CCN(CC)S(=O)(=O)C(N)C(C)N1CCc2ccccc21. The Morgan fingerprint density at radius 2 is 1.90 bits per heavy atom. The Hall–Kier alpha value is -1.11. The maximum Gasteiger partial charge on any atom is 0.231 e. The maximum atomic E-state index is 12.6. The van der Waals surface area contributed by atoms with Crippen LogP contribution >= 0.6 is 0 Å². The van der Waals surface area contributed by atoms with Crippen molar-refractivity contribution in [3.05, 3.63) is 29.8 Å². The average Bonchev–Trinajstić information content (AvgIpc) is 2.90. The minimum absolute atomic E-state index is 0.251. The van der Waals surface area contributed by atoms with Gasteiger partial charge in [0.05, 0.1) is 6.04 Å². The number of fused-ring (bicyclic) bond motifs is 1. The van der Waals surface area contributed by atoms with E-state index in [0.29, 0.717) is 13.1 Å². The molecule has 0 saturated heterocycles. The molecular weight excluding hydrogens is 286 g/mol. The summed E-state index contributed by atoms with van der Waals surface area (Å²) in [5.74, 6) is 0. The van der Waals surface area contributed by atoms with Crippen molar-refractivity contribution in [3.8, 4) is 0 Å². The van der Waals surface area contributed by atoms with E-state index in [0.717, 1.165) is 18.7 Å². The third-order valence-electron chi connectivity index (χ3n) is 4.30. The average molecular weight is 311 g/mol. The van der Waals surface area contributed by atoms with Gasteiger partial charge in [-0.05, 0) is 25.0 Å². The summed E-state index contributed by atoms with van der Waals surface area (Å²) in [4.78, 5) is 2.11. The van der Waals surface area contributed by atoms with Gasteiger partial charge in [0.25, 0.3) is 0 Å². The number of rotatable bonds is 6. The van der Waals surface area contributed by atoms with Crippen molar-refractivity contribution in [3.63, 3.8) is 0 Å². The lowest BCUT2D eigenvalue weighted by Gasteiger charge is -2.33. The summed E-state index contributed by atoms with van der Waals surface area (Å²) in [5, 5.41) is -0.913. The van der Waals surface area contributed by atoms with Gasteiger partial charge in [-0.2, -0.15) is 0 Å². The first-order valence-electron chi connectivity index (χ1n) is 7.52. The molecule has 0 saturated carbocycles. The quantitative estimate of drug-likeness (QED) is 0.862. The van der Waals surface area contributed by atoms with E-state index in [1.54, 1.807) is 0 Å². The number of nitrogens with zero attached hydrogens (tertiary/aromatic N) is 2. The molecular formula is C15H25N3O2S. The van der Waals surface area contributed by atoms with E-state index in [1.807, 2.05) is 39.0 Å². The standard InChI is InChI=1S/C15H25N3O2S/c1-4-17(5-2)21(19,20)15(16)12(3)18-11-10-13-8-6-7-9-14(13)18/h6-9,12,15H,4-5,10-11,16H2,1-3H3. The fraction of sp³-hybridized carbons (Fsp3) is 0.600. The molecule has 0 aromatic heterocycles. The van der Waals surface area contributed by atoms with Gasteiger partial charge in [-0.1, -0.05) is 32.0 Å². The van der Waals surface area contributed by atoms with Crippen LogP contribution in [0, 0.1) is 0 Å². The number of anilines is 1. The molecule has 2 unspecified atom stereocenters.